The Morgan fingerprint density at radius 2 is 2.00 bits per heavy atom. The van der Waals surface area contributed by atoms with Gasteiger partial charge in [0, 0.05) is 25.2 Å². The maximum Gasteiger partial charge on any atom is 0.292 e. The standard InChI is InChI=1S/C16H27N3O2/c1-6-9-17-15-10-14(7-8-16(15)19(20)21)11-18(5)13(4)12(2)3/h7-8,10,12-13,17H,6,9,11H2,1-5H3. The van der Waals surface area contributed by atoms with Gasteiger partial charge in [-0.25, -0.2) is 0 Å². The van der Waals surface area contributed by atoms with Crippen molar-refractivity contribution in [1.82, 2.24) is 4.90 Å². The fourth-order valence-corrected chi connectivity index (χ4v) is 2.18. The molecule has 1 rings (SSSR count). The Morgan fingerprint density at radius 3 is 2.52 bits per heavy atom. The maximum absolute atomic E-state index is 11.1. The van der Waals surface area contributed by atoms with Crippen molar-refractivity contribution in [1.29, 1.82) is 0 Å². The van der Waals surface area contributed by atoms with E-state index in [1.807, 2.05) is 19.1 Å². The van der Waals surface area contributed by atoms with Crippen molar-refractivity contribution < 1.29 is 4.92 Å². The lowest BCUT2D eigenvalue weighted by atomic mass is 10.0. The number of nitrogens with one attached hydrogen (secondary N) is 1. The first-order valence-electron chi connectivity index (χ1n) is 7.58. The van der Waals surface area contributed by atoms with E-state index in [9.17, 15) is 10.1 Å². The third-order valence-corrected chi connectivity index (χ3v) is 3.92. The third kappa shape index (κ3) is 5.01. The summed E-state index contributed by atoms with van der Waals surface area (Å²) in [4.78, 5) is 13.0. The number of hydrogen-bond donors (Lipinski definition) is 1. The van der Waals surface area contributed by atoms with Gasteiger partial charge in [-0.05, 0) is 37.9 Å². The van der Waals surface area contributed by atoms with Gasteiger partial charge in [0.2, 0.25) is 0 Å². The molecule has 0 aromatic heterocycles. The Morgan fingerprint density at radius 1 is 1.33 bits per heavy atom. The van der Waals surface area contributed by atoms with Crippen molar-refractivity contribution in [3.05, 3.63) is 33.9 Å². The summed E-state index contributed by atoms with van der Waals surface area (Å²) in [5.41, 5.74) is 1.85. The molecule has 1 aromatic rings. The summed E-state index contributed by atoms with van der Waals surface area (Å²) in [6, 6.07) is 5.81. The van der Waals surface area contributed by atoms with Crippen LogP contribution in [-0.2, 0) is 6.54 Å². The van der Waals surface area contributed by atoms with E-state index in [2.05, 4.69) is 38.0 Å². The summed E-state index contributed by atoms with van der Waals surface area (Å²) in [5, 5.41) is 14.2. The van der Waals surface area contributed by atoms with Crippen LogP contribution in [0.5, 0.6) is 0 Å². The summed E-state index contributed by atoms with van der Waals surface area (Å²) in [6.45, 7) is 10.2. The van der Waals surface area contributed by atoms with E-state index in [1.165, 1.54) is 0 Å². The van der Waals surface area contributed by atoms with Crippen LogP contribution in [0.4, 0.5) is 11.4 Å². The van der Waals surface area contributed by atoms with E-state index in [1.54, 1.807) is 6.07 Å². The Hall–Kier alpha value is -1.62. The van der Waals surface area contributed by atoms with Crippen molar-refractivity contribution in [3.8, 4) is 0 Å². The van der Waals surface area contributed by atoms with E-state index in [-0.39, 0.29) is 10.6 Å². The Bertz CT molecular complexity index is 475. The predicted molar refractivity (Wildman–Crippen MR) is 87.6 cm³/mol. The molecule has 1 N–H and O–H groups in total. The quantitative estimate of drug-likeness (QED) is 0.583. The first-order chi connectivity index (χ1) is 9.86. The van der Waals surface area contributed by atoms with Crippen LogP contribution in [0.3, 0.4) is 0 Å². The highest BCUT2D eigenvalue weighted by molar-refractivity contribution is 5.62. The lowest BCUT2D eigenvalue weighted by Crippen LogP contribution is -2.32. The molecule has 0 aliphatic heterocycles. The summed E-state index contributed by atoms with van der Waals surface area (Å²) in [7, 11) is 2.09. The van der Waals surface area contributed by atoms with E-state index < -0.39 is 0 Å². The molecule has 0 radical (unpaired) electrons. The van der Waals surface area contributed by atoms with Gasteiger partial charge in [0.25, 0.3) is 5.69 Å². The van der Waals surface area contributed by atoms with Crippen LogP contribution < -0.4 is 5.32 Å². The first-order valence-corrected chi connectivity index (χ1v) is 7.58. The van der Waals surface area contributed by atoms with Crippen molar-refractivity contribution in [2.24, 2.45) is 5.92 Å². The van der Waals surface area contributed by atoms with Gasteiger partial charge in [-0.1, -0.05) is 26.8 Å². The highest BCUT2D eigenvalue weighted by Gasteiger charge is 2.17. The van der Waals surface area contributed by atoms with E-state index in [4.69, 9.17) is 0 Å². The fourth-order valence-electron chi connectivity index (χ4n) is 2.18. The molecule has 0 bridgehead atoms. The second-order valence-electron chi connectivity index (χ2n) is 5.94. The van der Waals surface area contributed by atoms with Crippen LogP contribution in [0, 0.1) is 16.0 Å². The summed E-state index contributed by atoms with van der Waals surface area (Å²) >= 11 is 0. The van der Waals surface area contributed by atoms with Gasteiger partial charge in [-0.15, -0.1) is 0 Å². The highest BCUT2D eigenvalue weighted by Crippen LogP contribution is 2.26. The average Bonchev–Trinajstić information content (AvgIpc) is 2.43. The molecular formula is C16H27N3O2. The van der Waals surface area contributed by atoms with Gasteiger partial charge in [-0.2, -0.15) is 0 Å². The molecule has 0 fully saturated rings. The Balaban J connectivity index is 2.91. The van der Waals surface area contributed by atoms with E-state index >= 15 is 0 Å². The minimum Gasteiger partial charge on any atom is -0.379 e. The molecule has 0 aliphatic rings. The molecule has 1 atom stereocenters. The lowest BCUT2D eigenvalue weighted by Gasteiger charge is -2.28. The molecule has 0 aliphatic carbocycles. The van der Waals surface area contributed by atoms with Gasteiger partial charge in [0.05, 0.1) is 4.92 Å². The van der Waals surface area contributed by atoms with Crippen molar-refractivity contribution in [2.45, 2.75) is 46.7 Å². The molecular weight excluding hydrogens is 266 g/mol. The number of nitro benzene ring substituents is 1. The predicted octanol–water partition coefficient (Wildman–Crippen LogP) is 3.89. The van der Waals surface area contributed by atoms with Crippen LogP contribution in [0.1, 0.15) is 39.7 Å². The molecule has 0 heterocycles. The number of anilines is 1. The van der Waals surface area contributed by atoms with Gasteiger partial charge < -0.3 is 5.32 Å². The zero-order valence-electron chi connectivity index (χ0n) is 13.7. The normalized spacial score (nSPS) is 12.7. The molecule has 0 amide bonds. The monoisotopic (exact) mass is 293 g/mol. The summed E-state index contributed by atoms with van der Waals surface area (Å²) in [6.07, 6.45) is 0.936. The lowest BCUT2D eigenvalue weighted by molar-refractivity contribution is -0.384. The van der Waals surface area contributed by atoms with Crippen molar-refractivity contribution in [3.63, 3.8) is 0 Å². The molecule has 21 heavy (non-hydrogen) atoms. The van der Waals surface area contributed by atoms with Crippen LogP contribution in [-0.4, -0.2) is 29.5 Å². The molecule has 0 spiro atoms. The molecule has 0 saturated heterocycles. The van der Waals surface area contributed by atoms with Crippen molar-refractivity contribution in [2.75, 3.05) is 18.9 Å². The fraction of sp³-hybridized carbons (Fsp3) is 0.625. The third-order valence-electron chi connectivity index (χ3n) is 3.92. The minimum atomic E-state index is -0.331. The maximum atomic E-state index is 11.1. The molecule has 5 nitrogen and oxygen atoms in total. The molecule has 5 heteroatoms. The molecule has 0 saturated carbocycles. The smallest absolute Gasteiger partial charge is 0.292 e. The summed E-state index contributed by atoms with van der Waals surface area (Å²) in [5.74, 6) is 0.575. The second kappa shape index (κ2) is 7.98. The number of nitrogens with zero attached hydrogens (tertiary/aromatic N) is 2. The van der Waals surface area contributed by atoms with Gasteiger partial charge >= 0.3 is 0 Å². The second-order valence-corrected chi connectivity index (χ2v) is 5.94. The number of nitro groups is 1. The molecule has 1 aromatic carbocycles. The van der Waals surface area contributed by atoms with Crippen LogP contribution >= 0.6 is 0 Å². The Kier molecular flexibility index (Phi) is 6.62. The minimum absolute atomic E-state index is 0.145. The van der Waals surface area contributed by atoms with Crippen LogP contribution in [0.2, 0.25) is 0 Å². The first kappa shape index (κ1) is 17.4. The molecule has 1 unspecified atom stereocenters. The zero-order valence-corrected chi connectivity index (χ0v) is 13.7. The largest absolute Gasteiger partial charge is 0.379 e. The van der Waals surface area contributed by atoms with E-state index in [0.717, 1.165) is 25.1 Å². The van der Waals surface area contributed by atoms with Gasteiger partial charge in [0.1, 0.15) is 5.69 Å². The van der Waals surface area contributed by atoms with Gasteiger partial charge in [0.15, 0.2) is 0 Å². The number of rotatable bonds is 8. The number of benzene rings is 1. The van der Waals surface area contributed by atoms with Gasteiger partial charge in [-0.3, -0.25) is 15.0 Å². The van der Waals surface area contributed by atoms with Crippen LogP contribution in [0.25, 0.3) is 0 Å². The van der Waals surface area contributed by atoms with Crippen molar-refractivity contribution >= 4 is 11.4 Å². The van der Waals surface area contributed by atoms with E-state index in [0.29, 0.717) is 17.6 Å². The number of hydrogen-bond acceptors (Lipinski definition) is 4. The average molecular weight is 293 g/mol. The Labute approximate surface area is 127 Å². The zero-order chi connectivity index (χ0) is 16.0. The van der Waals surface area contributed by atoms with Crippen LogP contribution in [0.15, 0.2) is 18.2 Å². The SMILES string of the molecule is CCCNc1cc(CN(C)C(C)C(C)C)ccc1[N+](=O)[O-]. The summed E-state index contributed by atoms with van der Waals surface area (Å²) < 4.78 is 0. The molecule has 118 valence electrons. The highest BCUT2D eigenvalue weighted by atomic mass is 16.6. The topological polar surface area (TPSA) is 58.4 Å².